The molecule has 7 nitrogen and oxygen atoms in total. The van der Waals surface area contributed by atoms with Crippen molar-refractivity contribution >= 4 is 17.7 Å². The van der Waals surface area contributed by atoms with Gasteiger partial charge in [0, 0.05) is 30.7 Å². The van der Waals surface area contributed by atoms with Crippen LogP contribution in [0.15, 0.2) is 23.6 Å². The van der Waals surface area contributed by atoms with Gasteiger partial charge in [-0.05, 0) is 33.3 Å². The number of carbonyl (C=O) groups excluding carboxylic acids is 1. The van der Waals surface area contributed by atoms with Gasteiger partial charge in [-0.3, -0.25) is 9.48 Å². The topological polar surface area (TPSA) is 85.6 Å². The van der Waals surface area contributed by atoms with Crippen LogP contribution < -0.4 is 5.32 Å². The Morgan fingerprint density at radius 3 is 2.73 bits per heavy atom. The lowest BCUT2D eigenvalue weighted by Crippen LogP contribution is -2.32. The summed E-state index contributed by atoms with van der Waals surface area (Å²) in [6.45, 7) is 7.05. The predicted octanol–water partition coefficient (Wildman–Crippen LogP) is 1.37. The number of nitrogens with one attached hydrogen (secondary N) is 1. The fraction of sp³-hybridized carbons (Fsp3) is 0.500. The summed E-state index contributed by atoms with van der Waals surface area (Å²) in [5.41, 5.74) is 1.82. The normalized spacial score (nSPS) is 12.1. The van der Waals surface area contributed by atoms with Gasteiger partial charge in [-0.15, -0.1) is 5.10 Å². The van der Waals surface area contributed by atoms with Crippen molar-refractivity contribution in [2.45, 2.75) is 44.1 Å². The summed E-state index contributed by atoms with van der Waals surface area (Å²) in [4.78, 5) is 20.7. The molecule has 1 atom stereocenters. The molecular weight excluding hydrogens is 300 g/mol. The fourth-order valence-corrected chi connectivity index (χ4v) is 2.81. The lowest BCUT2D eigenvalue weighted by Gasteiger charge is -2.11. The maximum absolute atomic E-state index is 12.1. The minimum atomic E-state index is -0.229. The number of carbonyl (C=O) groups is 1. The first-order valence-corrected chi connectivity index (χ1v) is 8.03. The van der Waals surface area contributed by atoms with Gasteiger partial charge in [0.05, 0.1) is 11.4 Å². The third kappa shape index (κ3) is 5.10. The zero-order chi connectivity index (χ0) is 15.9. The Morgan fingerprint density at radius 2 is 2.09 bits per heavy atom. The second kappa shape index (κ2) is 7.88. The summed E-state index contributed by atoms with van der Waals surface area (Å²) in [7, 11) is 0. The van der Waals surface area contributed by atoms with Crippen LogP contribution in [0.1, 0.15) is 24.7 Å². The number of aryl methyl sites for hydroxylation is 3. The smallest absolute Gasteiger partial charge is 0.233 e. The average Bonchev–Trinajstić information content (AvgIpc) is 2.95. The lowest BCUT2D eigenvalue weighted by atomic mass is 10.4. The van der Waals surface area contributed by atoms with Crippen LogP contribution in [-0.4, -0.2) is 42.7 Å². The van der Waals surface area contributed by atoms with E-state index in [0.717, 1.165) is 24.4 Å². The lowest BCUT2D eigenvalue weighted by molar-refractivity contribution is -0.120. The number of hydrogen-bond donors (Lipinski definition) is 1. The number of nitrogens with zero attached hydrogens (tertiary/aromatic N) is 5. The Morgan fingerprint density at radius 1 is 1.36 bits per heavy atom. The third-order valence-corrected chi connectivity index (χ3v) is 3.91. The van der Waals surface area contributed by atoms with Crippen molar-refractivity contribution in [3.63, 3.8) is 0 Å². The highest BCUT2D eigenvalue weighted by molar-refractivity contribution is 8.00. The Kier molecular flexibility index (Phi) is 5.88. The minimum absolute atomic E-state index is 0.00801. The van der Waals surface area contributed by atoms with Crippen molar-refractivity contribution in [1.82, 2.24) is 30.3 Å². The standard InChI is InChI=1S/C14H20N6OS/c1-10-9-11(2)18-14(17-10)22-12(3)13(21)15-5-4-7-20-8-6-16-19-20/h6,8-9,12H,4-5,7H2,1-3H3,(H,15,21)/t12-/m1/s1. The van der Waals surface area contributed by atoms with Gasteiger partial charge in [-0.1, -0.05) is 17.0 Å². The molecule has 118 valence electrons. The quantitative estimate of drug-likeness (QED) is 0.471. The van der Waals surface area contributed by atoms with Crippen LogP contribution in [0.3, 0.4) is 0 Å². The molecule has 0 radical (unpaired) electrons. The number of hydrogen-bond acceptors (Lipinski definition) is 6. The number of aromatic nitrogens is 5. The van der Waals surface area contributed by atoms with Crippen LogP contribution in [0.4, 0.5) is 0 Å². The highest BCUT2D eigenvalue weighted by Crippen LogP contribution is 2.20. The summed E-state index contributed by atoms with van der Waals surface area (Å²) in [5.74, 6) is -0.00801. The molecule has 1 N–H and O–H groups in total. The SMILES string of the molecule is Cc1cc(C)nc(S[C@H](C)C(=O)NCCCn2ccnn2)n1. The van der Waals surface area contributed by atoms with E-state index in [1.807, 2.05) is 26.8 Å². The van der Waals surface area contributed by atoms with Crippen LogP contribution in [0, 0.1) is 13.8 Å². The highest BCUT2D eigenvalue weighted by Gasteiger charge is 2.15. The monoisotopic (exact) mass is 320 g/mol. The van der Waals surface area contributed by atoms with Gasteiger partial charge < -0.3 is 5.32 Å². The second-order valence-electron chi connectivity index (χ2n) is 5.00. The predicted molar refractivity (Wildman–Crippen MR) is 84.5 cm³/mol. The molecule has 0 saturated heterocycles. The highest BCUT2D eigenvalue weighted by atomic mass is 32.2. The van der Waals surface area contributed by atoms with E-state index in [9.17, 15) is 4.79 Å². The maximum Gasteiger partial charge on any atom is 0.233 e. The molecule has 2 heterocycles. The van der Waals surface area contributed by atoms with E-state index in [1.54, 1.807) is 17.1 Å². The maximum atomic E-state index is 12.1. The first-order valence-electron chi connectivity index (χ1n) is 7.15. The molecule has 0 spiro atoms. The van der Waals surface area contributed by atoms with Crippen molar-refractivity contribution in [2.75, 3.05) is 6.54 Å². The summed E-state index contributed by atoms with van der Waals surface area (Å²) in [5, 5.41) is 10.9. The molecule has 0 aliphatic rings. The Bertz CT molecular complexity index is 596. The molecule has 0 aliphatic heterocycles. The Hall–Kier alpha value is -1.96. The Labute approximate surface area is 133 Å². The second-order valence-corrected chi connectivity index (χ2v) is 6.31. The van der Waals surface area contributed by atoms with Crippen molar-refractivity contribution in [3.8, 4) is 0 Å². The molecular formula is C14H20N6OS. The van der Waals surface area contributed by atoms with E-state index in [-0.39, 0.29) is 11.2 Å². The summed E-state index contributed by atoms with van der Waals surface area (Å²) >= 11 is 1.37. The molecule has 0 unspecified atom stereocenters. The van der Waals surface area contributed by atoms with Crippen LogP contribution in [0.2, 0.25) is 0 Å². The molecule has 8 heteroatoms. The van der Waals surface area contributed by atoms with Gasteiger partial charge in [-0.25, -0.2) is 9.97 Å². The summed E-state index contributed by atoms with van der Waals surface area (Å²) in [6, 6.07) is 1.92. The minimum Gasteiger partial charge on any atom is -0.355 e. The van der Waals surface area contributed by atoms with E-state index in [0.29, 0.717) is 11.7 Å². The molecule has 1 amide bonds. The summed E-state index contributed by atoms with van der Waals surface area (Å²) < 4.78 is 1.74. The summed E-state index contributed by atoms with van der Waals surface area (Å²) in [6.07, 6.45) is 4.26. The number of thioether (sulfide) groups is 1. The zero-order valence-electron chi connectivity index (χ0n) is 13.0. The fourth-order valence-electron chi connectivity index (χ4n) is 1.91. The molecule has 2 rings (SSSR count). The van der Waals surface area contributed by atoms with E-state index in [2.05, 4.69) is 25.6 Å². The molecule has 0 aromatic carbocycles. The molecule has 2 aromatic rings. The molecule has 0 saturated carbocycles. The van der Waals surface area contributed by atoms with Crippen molar-refractivity contribution in [1.29, 1.82) is 0 Å². The van der Waals surface area contributed by atoms with Crippen molar-refractivity contribution in [2.24, 2.45) is 0 Å². The molecule has 0 bridgehead atoms. The van der Waals surface area contributed by atoms with Crippen molar-refractivity contribution in [3.05, 3.63) is 29.8 Å². The first-order chi connectivity index (χ1) is 10.5. The van der Waals surface area contributed by atoms with Crippen LogP contribution >= 0.6 is 11.8 Å². The Balaban J connectivity index is 1.74. The molecule has 2 aromatic heterocycles. The number of rotatable bonds is 7. The van der Waals surface area contributed by atoms with E-state index >= 15 is 0 Å². The van der Waals surface area contributed by atoms with E-state index in [4.69, 9.17) is 0 Å². The number of amides is 1. The molecule has 22 heavy (non-hydrogen) atoms. The third-order valence-electron chi connectivity index (χ3n) is 2.95. The van der Waals surface area contributed by atoms with Crippen molar-refractivity contribution < 1.29 is 4.79 Å². The largest absolute Gasteiger partial charge is 0.355 e. The molecule has 0 aliphatic carbocycles. The van der Waals surface area contributed by atoms with Gasteiger partial charge in [-0.2, -0.15) is 0 Å². The van der Waals surface area contributed by atoms with Gasteiger partial charge in [0.15, 0.2) is 5.16 Å². The van der Waals surface area contributed by atoms with Gasteiger partial charge in [0.2, 0.25) is 5.91 Å². The van der Waals surface area contributed by atoms with Crippen LogP contribution in [0.25, 0.3) is 0 Å². The van der Waals surface area contributed by atoms with Crippen LogP contribution in [-0.2, 0) is 11.3 Å². The van der Waals surface area contributed by atoms with E-state index < -0.39 is 0 Å². The van der Waals surface area contributed by atoms with Crippen LogP contribution in [0.5, 0.6) is 0 Å². The average molecular weight is 320 g/mol. The zero-order valence-corrected chi connectivity index (χ0v) is 13.8. The van der Waals surface area contributed by atoms with Gasteiger partial charge in [0.1, 0.15) is 0 Å². The van der Waals surface area contributed by atoms with E-state index in [1.165, 1.54) is 11.8 Å². The van der Waals surface area contributed by atoms with Gasteiger partial charge >= 0.3 is 0 Å². The molecule has 0 fully saturated rings. The van der Waals surface area contributed by atoms with Gasteiger partial charge in [0.25, 0.3) is 0 Å². The first kappa shape index (κ1) is 16.4.